The molecule has 3 nitrogen and oxygen atoms in total. The Balaban J connectivity index is 2.06. The van der Waals surface area contributed by atoms with E-state index in [1.54, 1.807) is 0 Å². The molecule has 3 aromatic rings. The molecule has 0 aliphatic carbocycles. The predicted octanol–water partition coefficient (Wildman–Crippen LogP) is 3.93. The molecule has 1 N–H and O–H groups in total. The number of hydrogen-bond acceptors (Lipinski definition) is 3. The van der Waals surface area contributed by atoms with Crippen LogP contribution >= 0.6 is 0 Å². The second-order valence-corrected chi connectivity index (χ2v) is 4.10. The van der Waals surface area contributed by atoms with Gasteiger partial charge >= 0.3 is 0 Å². The minimum atomic E-state index is 0.666. The summed E-state index contributed by atoms with van der Waals surface area (Å²) in [6.07, 6.45) is 0. The second-order valence-electron chi connectivity index (χ2n) is 4.10. The highest BCUT2D eigenvalue weighted by atomic mass is 16.3. The number of anilines is 1. The molecule has 3 rings (SSSR count). The molecule has 1 heterocycles. The zero-order valence-corrected chi connectivity index (χ0v) is 10.2. The number of rotatable bonds is 3. The third-order valence-electron chi connectivity index (χ3n) is 2.79. The first-order valence-corrected chi connectivity index (χ1v) is 6.06. The lowest BCUT2D eigenvalue weighted by atomic mass is 10.2. The van der Waals surface area contributed by atoms with Crippen LogP contribution in [0.25, 0.3) is 22.6 Å². The van der Waals surface area contributed by atoms with Gasteiger partial charge in [-0.25, -0.2) is 4.98 Å². The highest BCUT2D eigenvalue weighted by Crippen LogP contribution is 2.25. The molecular weight excluding hydrogens is 224 g/mol. The van der Waals surface area contributed by atoms with Crippen molar-refractivity contribution in [3.8, 4) is 11.5 Å². The molecule has 0 aliphatic heterocycles. The van der Waals surface area contributed by atoms with Crippen LogP contribution in [-0.2, 0) is 0 Å². The normalized spacial score (nSPS) is 10.7. The lowest BCUT2D eigenvalue weighted by Crippen LogP contribution is -1.95. The fourth-order valence-electron chi connectivity index (χ4n) is 1.94. The summed E-state index contributed by atoms with van der Waals surface area (Å²) in [5.74, 6) is 0.666. The fraction of sp³-hybridized carbons (Fsp3) is 0.133. The number of nitrogens with one attached hydrogen (secondary N) is 1. The van der Waals surface area contributed by atoms with Crippen molar-refractivity contribution in [3.63, 3.8) is 0 Å². The van der Waals surface area contributed by atoms with E-state index in [-0.39, 0.29) is 0 Å². The molecule has 0 amide bonds. The van der Waals surface area contributed by atoms with Gasteiger partial charge in [0, 0.05) is 23.9 Å². The Kier molecular flexibility index (Phi) is 2.73. The van der Waals surface area contributed by atoms with Crippen molar-refractivity contribution in [2.45, 2.75) is 6.92 Å². The number of benzene rings is 2. The van der Waals surface area contributed by atoms with Crippen LogP contribution in [0.3, 0.4) is 0 Å². The third-order valence-corrected chi connectivity index (χ3v) is 2.79. The maximum Gasteiger partial charge on any atom is 0.227 e. The first kappa shape index (κ1) is 10.8. The molecule has 18 heavy (non-hydrogen) atoms. The summed E-state index contributed by atoms with van der Waals surface area (Å²) in [5, 5.41) is 3.26. The van der Waals surface area contributed by atoms with Gasteiger partial charge < -0.3 is 9.73 Å². The average Bonchev–Trinajstić information content (AvgIpc) is 2.83. The summed E-state index contributed by atoms with van der Waals surface area (Å²) < 4.78 is 5.79. The number of hydrogen-bond donors (Lipinski definition) is 1. The summed E-state index contributed by atoms with van der Waals surface area (Å²) in [6, 6.07) is 15.9. The molecule has 3 heteroatoms. The van der Waals surface area contributed by atoms with Crippen molar-refractivity contribution >= 4 is 16.8 Å². The topological polar surface area (TPSA) is 38.1 Å². The van der Waals surface area contributed by atoms with Gasteiger partial charge in [-0.3, -0.25) is 0 Å². The van der Waals surface area contributed by atoms with Crippen molar-refractivity contribution in [2.24, 2.45) is 0 Å². The Morgan fingerprint density at radius 1 is 1.11 bits per heavy atom. The second kappa shape index (κ2) is 4.53. The van der Waals surface area contributed by atoms with Gasteiger partial charge in [0.15, 0.2) is 5.58 Å². The Bertz CT molecular complexity index is 659. The van der Waals surface area contributed by atoms with Crippen molar-refractivity contribution in [1.29, 1.82) is 0 Å². The molecular formula is C15H14N2O. The monoisotopic (exact) mass is 238 g/mol. The summed E-state index contributed by atoms with van der Waals surface area (Å²) in [5.41, 5.74) is 3.75. The van der Waals surface area contributed by atoms with Crippen molar-refractivity contribution in [3.05, 3.63) is 48.5 Å². The minimum Gasteiger partial charge on any atom is -0.436 e. The molecule has 0 spiro atoms. The zero-order valence-electron chi connectivity index (χ0n) is 10.2. The Morgan fingerprint density at radius 3 is 2.72 bits per heavy atom. The maximum atomic E-state index is 5.79. The molecule has 0 radical (unpaired) electrons. The van der Waals surface area contributed by atoms with Crippen molar-refractivity contribution in [1.82, 2.24) is 4.98 Å². The van der Waals surface area contributed by atoms with Crippen LogP contribution in [0.2, 0.25) is 0 Å². The molecule has 90 valence electrons. The van der Waals surface area contributed by atoms with Gasteiger partial charge in [0.2, 0.25) is 5.89 Å². The van der Waals surface area contributed by atoms with Gasteiger partial charge in [0.25, 0.3) is 0 Å². The number of nitrogens with zero attached hydrogens (tertiary/aromatic N) is 1. The van der Waals surface area contributed by atoms with E-state index < -0.39 is 0 Å². The predicted molar refractivity (Wildman–Crippen MR) is 73.6 cm³/mol. The maximum absolute atomic E-state index is 5.79. The molecule has 0 bridgehead atoms. The molecule has 0 aliphatic rings. The lowest BCUT2D eigenvalue weighted by Gasteiger charge is -2.00. The fourth-order valence-corrected chi connectivity index (χ4v) is 1.94. The third kappa shape index (κ3) is 1.95. The summed E-state index contributed by atoms with van der Waals surface area (Å²) in [7, 11) is 0. The van der Waals surface area contributed by atoms with Crippen LogP contribution < -0.4 is 5.32 Å². The lowest BCUT2D eigenvalue weighted by molar-refractivity contribution is 0.620. The highest BCUT2D eigenvalue weighted by molar-refractivity contribution is 5.79. The van der Waals surface area contributed by atoms with Gasteiger partial charge in [-0.15, -0.1) is 0 Å². The summed E-state index contributed by atoms with van der Waals surface area (Å²) in [6.45, 7) is 2.96. The van der Waals surface area contributed by atoms with E-state index in [1.807, 2.05) is 48.5 Å². The van der Waals surface area contributed by atoms with E-state index in [0.717, 1.165) is 28.9 Å². The van der Waals surface area contributed by atoms with Crippen LogP contribution in [0.4, 0.5) is 5.69 Å². The number of fused-ring (bicyclic) bond motifs is 1. The number of aromatic nitrogens is 1. The van der Waals surface area contributed by atoms with E-state index in [4.69, 9.17) is 4.42 Å². The largest absolute Gasteiger partial charge is 0.436 e. The minimum absolute atomic E-state index is 0.666. The highest BCUT2D eigenvalue weighted by Gasteiger charge is 2.07. The molecule has 0 unspecified atom stereocenters. The molecule has 0 saturated heterocycles. The van der Waals surface area contributed by atoms with Gasteiger partial charge in [0.05, 0.1) is 0 Å². The van der Waals surface area contributed by atoms with Gasteiger partial charge in [-0.1, -0.05) is 18.2 Å². The van der Waals surface area contributed by atoms with Crippen LogP contribution in [0.15, 0.2) is 52.9 Å². The van der Waals surface area contributed by atoms with E-state index in [0.29, 0.717) is 5.89 Å². The Hall–Kier alpha value is -2.29. The van der Waals surface area contributed by atoms with Crippen LogP contribution in [0, 0.1) is 0 Å². The first-order chi connectivity index (χ1) is 8.86. The summed E-state index contributed by atoms with van der Waals surface area (Å²) in [4.78, 5) is 4.49. The van der Waals surface area contributed by atoms with Crippen LogP contribution in [0.5, 0.6) is 0 Å². The Labute approximate surface area is 105 Å². The van der Waals surface area contributed by atoms with Crippen LogP contribution in [-0.4, -0.2) is 11.5 Å². The number of oxazole rings is 1. The van der Waals surface area contributed by atoms with E-state index in [9.17, 15) is 0 Å². The van der Waals surface area contributed by atoms with Gasteiger partial charge in [-0.05, 0) is 31.2 Å². The zero-order chi connectivity index (χ0) is 12.4. The van der Waals surface area contributed by atoms with E-state index in [1.165, 1.54) is 0 Å². The smallest absolute Gasteiger partial charge is 0.227 e. The molecule has 1 aromatic heterocycles. The van der Waals surface area contributed by atoms with Gasteiger partial charge in [0.1, 0.15) is 5.52 Å². The van der Waals surface area contributed by atoms with E-state index >= 15 is 0 Å². The average molecular weight is 238 g/mol. The van der Waals surface area contributed by atoms with Crippen molar-refractivity contribution < 1.29 is 4.42 Å². The molecule has 0 atom stereocenters. The van der Waals surface area contributed by atoms with Crippen LogP contribution in [0.1, 0.15) is 6.92 Å². The standard InChI is InChI=1S/C15H14N2O/c1-2-16-12-8-9-13-14(10-12)18-15(17-13)11-6-4-3-5-7-11/h3-10,16H,2H2,1H3. The summed E-state index contributed by atoms with van der Waals surface area (Å²) >= 11 is 0. The van der Waals surface area contributed by atoms with E-state index in [2.05, 4.69) is 17.2 Å². The Morgan fingerprint density at radius 2 is 1.94 bits per heavy atom. The van der Waals surface area contributed by atoms with Gasteiger partial charge in [-0.2, -0.15) is 0 Å². The van der Waals surface area contributed by atoms with Crippen molar-refractivity contribution in [2.75, 3.05) is 11.9 Å². The molecule has 2 aromatic carbocycles. The SMILES string of the molecule is CCNc1ccc2nc(-c3ccccc3)oc2c1. The molecule has 0 fully saturated rings. The first-order valence-electron chi connectivity index (χ1n) is 6.06. The molecule has 0 saturated carbocycles. The quantitative estimate of drug-likeness (QED) is 0.751.